The van der Waals surface area contributed by atoms with Gasteiger partial charge in [0.25, 0.3) is 5.91 Å². The van der Waals surface area contributed by atoms with Gasteiger partial charge in [-0.3, -0.25) is 4.79 Å². The topological polar surface area (TPSA) is 73.9 Å². The maximum Gasteiger partial charge on any atom is 0.331 e. The molecule has 2 aromatic rings. The lowest BCUT2D eigenvalue weighted by molar-refractivity contribution is -0.143. The number of carbonyl (C=O) groups is 2. The lowest BCUT2D eigenvalue weighted by Crippen LogP contribution is -2.27. The van der Waals surface area contributed by atoms with E-state index in [0.717, 1.165) is 10.4 Å². The predicted octanol–water partition coefficient (Wildman–Crippen LogP) is 2.35. The second-order valence-electron chi connectivity index (χ2n) is 4.91. The Hall–Kier alpha value is -2.80. The van der Waals surface area contributed by atoms with Crippen LogP contribution in [0.5, 0.6) is 11.5 Å². The van der Waals surface area contributed by atoms with Crippen LogP contribution in [0.15, 0.2) is 41.8 Å². The average Bonchev–Trinajstić information content (AvgIpc) is 3.26. The van der Waals surface area contributed by atoms with E-state index in [0.29, 0.717) is 18.0 Å². The first-order chi connectivity index (χ1) is 11.7. The lowest BCUT2D eigenvalue weighted by atomic mass is 10.2. The number of rotatable bonds is 6. The van der Waals surface area contributed by atoms with E-state index in [4.69, 9.17) is 14.2 Å². The Labute approximate surface area is 142 Å². The third-order valence-corrected chi connectivity index (χ3v) is 4.07. The van der Waals surface area contributed by atoms with E-state index in [2.05, 4.69) is 5.32 Å². The van der Waals surface area contributed by atoms with Crippen LogP contribution in [0.4, 0.5) is 0 Å². The summed E-state index contributed by atoms with van der Waals surface area (Å²) in [6.07, 6.45) is 2.86. The van der Waals surface area contributed by atoms with E-state index >= 15 is 0 Å². The minimum Gasteiger partial charge on any atom is -0.454 e. The first kappa shape index (κ1) is 16.1. The van der Waals surface area contributed by atoms with Crippen molar-refractivity contribution in [2.75, 3.05) is 13.4 Å². The van der Waals surface area contributed by atoms with Gasteiger partial charge in [-0.05, 0) is 35.2 Å². The number of ether oxygens (including phenoxy) is 3. The van der Waals surface area contributed by atoms with Gasteiger partial charge in [0.05, 0.1) is 6.54 Å². The zero-order valence-corrected chi connectivity index (χ0v) is 13.5. The Morgan fingerprint density at radius 1 is 1.25 bits per heavy atom. The van der Waals surface area contributed by atoms with Crippen LogP contribution in [-0.4, -0.2) is 25.3 Å². The fourth-order valence-electron chi connectivity index (χ4n) is 2.02. The molecule has 0 radical (unpaired) electrons. The molecular formula is C17H15NO5S. The van der Waals surface area contributed by atoms with E-state index in [-0.39, 0.29) is 19.3 Å². The summed E-state index contributed by atoms with van der Waals surface area (Å²) in [4.78, 5) is 24.3. The Bertz CT molecular complexity index is 754. The fraction of sp³-hybridized carbons (Fsp3) is 0.176. The van der Waals surface area contributed by atoms with Gasteiger partial charge in [-0.2, -0.15) is 0 Å². The van der Waals surface area contributed by atoms with Crippen molar-refractivity contribution in [3.05, 3.63) is 52.2 Å². The van der Waals surface area contributed by atoms with Gasteiger partial charge in [-0.15, -0.1) is 11.3 Å². The Morgan fingerprint density at radius 3 is 2.96 bits per heavy atom. The molecule has 7 heteroatoms. The number of hydrogen-bond acceptors (Lipinski definition) is 6. The minimum atomic E-state index is -0.584. The smallest absolute Gasteiger partial charge is 0.331 e. The van der Waals surface area contributed by atoms with Gasteiger partial charge in [0.15, 0.2) is 18.1 Å². The number of amides is 1. The molecule has 0 aliphatic carbocycles. The van der Waals surface area contributed by atoms with Crippen molar-refractivity contribution in [3.63, 3.8) is 0 Å². The van der Waals surface area contributed by atoms with Crippen molar-refractivity contribution in [3.8, 4) is 11.5 Å². The molecule has 1 amide bonds. The molecule has 0 atom stereocenters. The zero-order valence-electron chi connectivity index (χ0n) is 12.7. The molecule has 1 aliphatic heterocycles. The van der Waals surface area contributed by atoms with Crippen molar-refractivity contribution < 1.29 is 23.8 Å². The highest BCUT2D eigenvalue weighted by Crippen LogP contribution is 2.32. The molecule has 0 spiro atoms. The van der Waals surface area contributed by atoms with Crippen molar-refractivity contribution >= 4 is 29.3 Å². The molecule has 0 saturated carbocycles. The van der Waals surface area contributed by atoms with Crippen molar-refractivity contribution in [2.24, 2.45) is 0 Å². The van der Waals surface area contributed by atoms with Crippen LogP contribution in [0, 0.1) is 0 Å². The first-order valence-corrected chi connectivity index (χ1v) is 8.12. The first-order valence-electron chi connectivity index (χ1n) is 7.24. The molecule has 1 aliphatic rings. The molecule has 0 fully saturated rings. The van der Waals surface area contributed by atoms with E-state index in [9.17, 15) is 9.59 Å². The number of nitrogens with one attached hydrogen (secondary N) is 1. The number of benzene rings is 1. The van der Waals surface area contributed by atoms with Gasteiger partial charge in [0.2, 0.25) is 6.79 Å². The Morgan fingerprint density at radius 2 is 2.12 bits per heavy atom. The number of esters is 1. The molecule has 2 heterocycles. The van der Waals surface area contributed by atoms with Gasteiger partial charge in [0.1, 0.15) is 0 Å². The molecule has 1 N–H and O–H groups in total. The molecule has 1 aromatic carbocycles. The second kappa shape index (κ2) is 7.65. The van der Waals surface area contributed by atoms with Crippen molar-refractivity contribution in [1.29, 1.82) is 0 Å². The number of fused-ring (bicyclic) bond motifs is 1. The van der Waals surface area contributed by atoms with Gasteiger partial charge >= 0.3 is 5.97 Å². The van der Waals surface area contributed by atoms with Crippen LogP contribution in [-0.2, 0) is 20.9 Å². The fourth-order valence-corrected chi connectivity index (χ4v) is 2.66. The van der Waals surface area contributed by atoms with E-state index < -0.39 is 5.97 Å². The third kappa shape index (κ3) is 4.36. The van der Waals surface area contributed by atoms with E-state index in [1.807, 2.05) is 17.5 Å². The molecule has 24 heavy (non-hydrogen) atoms. The summed E-state index contributed by atoms with van der Waals surface area (Å²) in [6, 6.07) is 9.16. The number of carbonyl (C=O) groups excluding carboxylic acids is 2. The summed E-state index contributed by atoms with van der Waals surface area (Å²) in [5.74, 6) is 0.391. The van der Waals surface area contributed by atoms with Crippen LogP contribution in [0.25, 0.3) is 6.08 Å². The molecule has 0 unspecified atom stereocenters. The van der Waals surface area contributed by atoms with Gasteiger partial charge in [-0.25, -0.2) is 4.79 Å². The number of hydrogen-bond donors (Lipinski definition) is 1. The predicted molar refractivity (Wildman–Crippen MR) is 88.7 cm³/mol. The maximum atomic E-state index is 11.6. The standard InChI is InChI=1S/C17H15NO5S/c19-16(18-9-13-2-1-7-24-13)10-21-17(20)6-4-12-3-5-14-15(8-12)23-11-22-14/h1-8H,9-11H2,(H,18,19)/b6-4+. The van der Waals surface area contributed by atoms with Crippen LogP contribution in [0.2, 0.25) is 0 Å². The average molecular weight is 345 g/mol. The summed E-state index contributed by atoms with van der Waals surface area (Å²) in [7, 11) is 0. The van der Waals surface area contributed by atoms with Gasteiger partial charge < -0.3 is 19.5 Å². The van der Waals surface area contributed by atoms with E-state index in [1.165, 1.54) is 6.08 Å². The quantitative estimate of drug-likeness (QED) is 0.643. The Kier molecular flexibility index (Phi) is 5.12. The summed E-state index contributed by atoms with van der Waals surface area (Å²) in [5.41, 5.74) is 0.776. The monoisotopic (exact) mass is 345 g/mol. The summed E-state index contributed by atoms with van der Waals surface area (Å²) in [5, 5.41) is 4.62. The van der Waals surface area contributed by atoms with Gasteiger partial charge in [-0.1, -0.05) is 12.1 Å². The molecule has 1 aromatic heterocycles. The Balaban J connectivity index is 1.42. The minimum absolute atomic E-state index is 0.200. The molecular weight excluding hydrogens is 330 g/mol. The van der Waals surface area contributed by atoms with Gasteiger partial charge in [0, 0.05) is 11.0 Å². The highest BCUT2D eigenvalue weighted by molar-refractivity contribution is 7.09. The van der Waals surface area contributed by atoms with Crippen molar-refractivity contribution in [2.45, 2.75) is 6.54 Å². The highest BCUT2D eigenvalue weighted by Gasteiger charge is 2.12. The summed E-state index contributed by atoms with van der Waals surface area (Å²) in [6.45, 7) is 0.321. The summed E-state index contributed by atoms with van der Waals surface area (Å²) < 4.78 is 15.4. The molecule has 3 rings (SSSR count). The molecule has 0 bridgehead atoms. The normalized spacial score (nSPS) is 12.3. The van der Waals surface area contributed by atoms with Crippen LogP contribution in [0.1, 0.15) is 10.4 Å². The second-order valence-corrected chi connectivity index (χ2v) is 5.94. The summed E-state index contributed by atoms with van der Waals surface area (Å²) >= 11 is 1.55. The van der Waals surface area contributed by atoms with Crippen LogP contribution >= 0.6 is 11.3 Å². The molecule has 124 valence electrons. The molecule has 6 nitrogen and oxygen atoms in total. The van der Waals surface area contributed by atoms with E-state index in [1.54, 1.807) is 35.6 Å². The maximum absolute atomic E-state index is 11.6. The molecule has 0 saturated heterocycles. The highest BCUT2D eigenvalue weighted by atomic mass is 32.1. The largest absolute Gasteiger partial charge is 0.454 e. The zero-order chi connectivity index (χ0) is 16.8. The van der Waals surface area contributed by atoms with Crippen LogP contribution in [0.3, 0.4) is 0 Å². The SMILES string of the molecule is O=C(COC(=O)/C=C/c1ccc2c(c1)OCO2)NCc1cccs1. The van der Waals surface area contributed by atoms with Crippen LogP contribution < -0.4 is 14.8 Å². The number of thiophene rings is 1. The third-order valence-electron chi connectivity index (χ3n) is 3.19. The lowest BCUT2D eigenvalue weighted by Gasteiger charge is -2.04. The van der Waals surface area contributed by atoms with Crippen molar-refractivity contribution in [1.82, 2.24) is 5.32 Å².